The van der Waals surface area contributed by atoms with Gasteiger partial charge in [-0.3, -0.25) is 0 Å². The normalized spacial score (nSPS) is 13.8. The van der Waals surface area contributed by atoms with Crippen molar-refractivity contribution >= 4 is 16.1 Å². The van der Waals surface area contributed by atoms with Crippen LogP contribution in [0.3, 0.4) is 0 Å². The molecule has 0 amide bonds. The first-order valence-electron chi connectivity index (χ1n) is 5.77. The van der Waals surface area contributed by atoms with Gasteiger partial charge in [-0.1, -0.05) is 29.8 Å². The summed E-state index contributed by atoms with van der Waals surface area (Å²) >= 11 is 0. The second-order valence-electron chi connectivity index (χ2n) is 4.49. The highest BCUT2D eigenvalue weighted by molar-refractivity contribution is 7.90. The van der Waals surface area contributed by atoms with Crippen molar-refractivity contribution < 1.29 is 8.42 Å². The molecule has 0 N–H and O–H groups in total. The van der Waals surface area contributed by atoms with Crippen LogP contribution in [0.1, 0.15) is 16.7 Å². The minimum absolute atomic E-state index is 0.325. The molecule has 2 aromatic rings. The Bertz CT molecular complexity index is 722. The van der Waals surface area contributed by atoms with Crippen LogP contribution in [0.4, 0.5) is 0 Å². The number of nitrogens with zero attached hydrogens (tertiary/aromatic N) is 1. The lowest BCUT2D eigenvalue weighted by atomic mass is 10.2. The highest BCUT2D eigenvalue weighted by atomic mass is 32.2. The summed E-state index contributed by atoms with van der Waals surface area (Å²) in [7, 11) is -3.45. The van der Waals surface area contributed by atoms with Gasteiger partial charge in [0.2, 0.25) is 0 Å². The molecule has 3 nitrogen and oxygen atoms in total. The van der Waals surface area contributed by atoms with Crippen LogP contribution in [-0.2, 0) is 16.4 Å². The third kappa shape index (κ3) is 1.69. The van der Waals surface area contributed by atoms with Crippen molar-refractivity contribution in [1.82, 2.24) is 3.97 Å². The Hall–Kier alpha value is -1.81. The summed E-state index contributed by atoms with van der Waals surface area (Å²) in [6, 6.07) is 6.91. The number of allylic oxidation sites excluding steroid dienone is 1. The van der Waals surface area contributed by atoms with Crippen molar-refractivity contribution in [3.05, 3.63) is 59.4 Å². The summed E-state index contributed by atoms with van der Waals surface area (Å²) < 4.78 is 26.1. The van der Waals surface area contributed by atoms with Crippen LogP contribution in [0.15, 0.2) is 47.6 Å². The molecule has 0 saturated heterocycles. The zero-order valence-electron chi connectivity index (χ0n) is 10.00. The SMILES string of the molecule is Cc1ccc(S(=O)(=O)n2cc3c(c2)CC=C3)cc1. The van der Waals surface area contributed by atoms with Gasteiger partial charge in [0.25, 0.3) is 10.0 Å². The Kier molecular flexibility index (Phi) is 2.41. The molecule has 1 aliphatic rings. The quantitative estimate of drug-likeness (QED) is 0.831. The molecule has 0 aliphatic heterocycles. The summed E-state index contributed by atoms with van der Waals surface area (Å²) in [6.45, 7) is 1.94. The Morgan fingerprint density at radius 1 is 1.11 bits per heavy atom. The van der Waals surface area contributed by atoms with Crippen molar-refractivity contribution in [3.63, 3.8) is 0 Å². The van der Waals surface area contributed by atoms with Gasteiger partial charge in [0.15, 0.2) is 0 Å². The fraction of sp³-hybridized carbons (Fsp3) is 0.143. The molecule has 4 heteroatoms. The Morgan fingerprint density at radius 3 is 2.50 bits per heavy atom. The zero-order valence-corrected chi connectivity index (χ0v) is 10.8. The summed E-state index contributed by atoms with van der Waals surface area (Å²) in [5.74, 6) is 0. The van der Waals surface area contributed by atoms with E-state index < -0.39 is 10.0 Å². The van der Waals surface area contributed by atoms with Gasteiger partial charge in [0, 0.05) is 12.4 Å². The Labute approximate surface area is 106 Å². The molecule has 1 heterocycles. The molecule has 0 radical (unpaired) electrons. The molecule has 0 atom stereocenters. The van der Waals surface area contributed by atoms with E-state index in [1.807, 2.05) is 31.2 Å². The lowest BCUT2D eigenvalue weighted by Crippen LogP contribution is -2.10. The lowest BCUT2D eigenvalue weighted by molar-refractivity contribution is 0.587. The molecule has 0 saturated carbocycles. The largest absolute Gasteiger partial charge is 0.267 e. The average molecular weight is 259 g/mol. The maximum absolute atomic E-state index is 12.4. The minimum atomic E-state index is -3.45. The molecule has 0 bridgehead atoms. The first-order valence-corrected chi connectivity index (χ1v) is 7.21. The summed E-state index contributed by atoms with van der Waals surface area (Å²) in [5.41, 5.74) is 3.10. The highest BCUT2D eigenvalue weighted by Gasteiger charge is 2.19. The van der Waals surface area contributed by atoms with Crippen molar-refractivity contribution in [3.8, 4) is 0 Å². The van der Waals surface area contributed by atoms with E-state index in [0.717, 1.165) is 23.1 Å². The van der Waals surface area contributed by atoms with Crippen LogP contribution in [0.5, 0.6) is 0 Å². The first kappa shape index (κ1) is 11.3. The number of aryl methyl sites for hydroxylation is 1. The van der Waals surface area contributed by atoms with Gasteiger partial charge in [0.05, 0.1) is 4.90 Å². The van der Waals surface area contributed by atoms with Gasteiger partial charge in [-0.15, -0.1) is 0 Å². The van der Waals surface area contributed by atoms with Gasteiger partial charge in [0.1, 0.15) is 0 Å². The molecule has 1 aromatic heterocycles. The lowest BCUT2D eigenvalue weighted by Gasteiger charge is -2.05. The first-order chi connectivity index (χ1) is 8.57. The van der Waals surface area contributed by atoms with Gasteiger partial charge >= 0.3 is 0 Å². The molecule has 92 valence electrons. The second kappa shape index (κ2) is 3.85. The van der Waals surface area contributed by atoms with Crippen LogP contribution < -0.4 is 0 Å². The van der Waals surface area contributed by atoms with Crippen molar-refractivity contribution in [2.24, 2.45) is 0 Å². The molecular formula is C14H13NO2S. The average Bonchev–Trinajstić information content (AvgIpc) is 2.89. The van der Waals surface area contributed by atoms with E-state index in [9.17, 15) is 8.42 Å². The van der Waals surface area contributed by atoms with Crippen molar-refractivity contribution in [2.45, 2.75) is 18.2 Å². The molecule has 1 aromatic carbocycles. The standard InChI is InChI=1S/C14H13NO2S/c1-11-5-7-14(8-6-11)18(16,17)15-9-12-3-2-4-13(12)10-15/h2-3,5-10H,4H2,1H3. The number of fused-ring (bicyclic) bond motifs is 1. The minimum Gasteiger partial charge on any atom is -0.248 e. The maximum Gasteiger partial charge on any atom is 0.267 e. The molecule has 3 rings (SSSR count). The molecular weight excluding hydrogens is 246 g/mol. The molecule has 1 aliphatic carbocycles. The number of hydrogen-bond acceptors (Lipinski definition) is 2. The van der Waals surface area contributed by atoms with Crippen molar-refractivity contribution in [1.29, 1.82) is 0 Å². The van der Waals surface area contributed by atoms with Crippen LogP contribution in [0, 0.1) is 6.92 Å². The third-order valence-electron chi connectivity index (χ3n) is 3.15. The van der Waals surface area contributed by atoms with E-state index in [0.29, 0.717) is 4.90 Å². The smallest absolute Gasteiger partial charge is 0.248 e. The summed E-state index contributed by atoms with van der Waals surface area (Å²) in [6.07, 6.45) is 8.17. The number of benzene rings is 1. The van der Waals surface area contributed by atoms with Crippen LogP contribution in [0.25, 0.3) is 6.08 Å². The van der Waals surface area contributed by atoms with E-state index in [1.165, 1.54) is 3.97 Å². The predicted octanol–water partition coefficient (Wildman–Crippen LogP) is 2.60. The molecule has 0 fully saturated rings. The zero-order chi connectivity index (χ0) is 12.8. The molecule has 18 heavy (non-hydrogen) atoms. The van der Waals surface area contributed by atoms with E-state index in [2.05, 4.69) is 0 Å². The van der Waals surface area contributed by atoms with E-state index in [-0.39, 0.29) is 0 Å². The van der Waals surface area contributed by atoms with Gasteiger partial charge in [-0.25, -0.2) is 12.4 Å². The van der Waals surface area contributed by atoms with Crippen LogP contribution in [-0.4, -0.2) is 12.4 Å². The molecule has 0 unspecified atom stereocenters. The Morgan fingerprint density at radius 2 is 1.83 bits per heavy atom. The second-order valence-corrected chi connectivity index (χ2v) is 6.34. The van der Waals surface area contributed by atoms with Crippen LogP contribution in [0.2, 0.25) is 0 Å². The number of hydrogen-bond donors (Lipinski definition) is 0. The summed E-state index contributed by atoms with van der Waals surface area (Å²) in [4.78, 5) is 0.325. The predicted molar refractivity (Wildman–Crippen MR) is 70.9 cm³/mol. The van der Waals surface area contributed by atoms with Gasteiger partial charge in [-0.05, 0) is 36.6 Å². The number of rotatable bonds is 2. The van der Waals surface area contributed by atoms with Crippen molar-refractivity contribution in [2.75, 3.05) is 0 Å². The van der Waals surface area contributed by atoms with Gasteiger partial charge in [-0.2, -0.15) is 0 Å². The summed E-state index contributed by atoms with van der Waals surface area (Å²) in [5, 5.41) is 0. The fourth-order valence-electron chi connectivity index (χ4n) is 2.09. The van der Waals surface area contributed by atoms with Crippen LogP contribution >= 0.6 is 0 Å². The third-order valence-corrected chi connectivity index (χ3v) is 4.79. The van der Waals surface area contributed by atoms with E-state index in [4.69, 9.17) is 0 Å². The van der Waals surface area contributed by atoms with E-state index in [1.54, 1.807) is 24.5 Å². The fourth-order valence-corrected chi connectivity index (χ4v) is 3.33. The maximum atomic E-state index is 12.4. The topological polar surface area (TPSA) is 39.1 Å². The highest BCUT2D eigenvalue weighted by Crippen LogP contribution is 2.23. The monoisotopic (exact) mass is 259 g/mol. The van der Waals surface area contributed by atoms with Gasteiger partial charge < -0.3 is 0 Å². The Balaban J connectivity index is 2.09. The van der Waals surface area contributed by atoms with E-state index >= 15 is 0 Å². The number of aromatic nitrogens is 1. The molecule has 0 spiro atoms.